The minimum absolute atomic E-state index is 0.0361. The third-order valence-electron chi connectivity index (χ3n) is 2.59. The van der Waals surface area contributed by atoms with Gasteiger partial charge >= 0.3 is 0 Å². The molecule has 0 saturated carbocycles. The Morgan fingerprint density at radius 3 is 2.22 bits per heavy atom. The Balaban J connectivity index is 2.09. The van der Waals surface area contributed by atoms with Gasteiger partial charge in [0, 0.05) is 24.0 Å². The van der Waals surface area contributed by atoms with Crippen LogP contribution in [0, 0.1) is 0 Å². The van der Waals surface area contributed by atoms with E-state index in [1.165, 1.54) is 17.6 Å². The van der Waals surface area contributed by atoms with Crippen LogP contribution in [0.4, 0.5) is 0 Å². The lowest BCUT2D eigenvalue weighted by molar-refractivity contribution is 0.0968. The average molecular weight is 239 g/mol. The molecule has 0 radical (unpaired) electrons. The van der Waals surface area contributed by atoms with Crippen molar-refractivity contribution in [1.82, 2.24) is 4.57 Å². The average Bonchev–Trinajstić information content (AvgIpc) is 2.90. The van der Waals surface area contributed by atoms with Crippen molar-refractivity contribution in [3.8, 4) is 0 Å². The standard InChI is InChI=1S/C15H13NO2/c1-12(17)14-7-4-13(5-8-14)6-9-15(18)16-10-2-3-11-16/h2-11H,1H3/b9-6+. The lowest BCUT2D eigenvalue weighted by Crippen LogP contribution is -2.03. The highest BCUT2D eigenvalue weighted by Gasteiger charge is 1.99. The van der Waals surface area contributed by atoms with Gasteiger partial charge in [-0.3, -0.25) is 14.2 Å². The van der Waals surface area contributed by atoms with Crippen molar-refractivity contribution >= 4 is 17.8 Å². The second kappa shape index (κ2) is 5.27. The van der Waals surface area contributed by atoms with Gasteiger partial charge in [0.15, 0.2) is 5.78 Å². The SMILES string of the molecule is CC(=O)c1ccc(/C=C/C(=O)n2cccc2)cc1. The topological polar surface area (TPSA) is 39.1 Å². The van der Waals surface area contributed by atoms with Crippen molar-refractivity contribution < 1.29 is 9.59 Å². The molecule has 2 aromatic rings. The van der Waals surface area contributed by atoms with Crippen LogP contribution >= 0.6 is 0 Å². The smallest absolute Gasteiger partial charge is 0.254 e. The van der Waals surface area contributed by atoms with Gasteiger partial charge in [0.25, 0.3) is 5.91 Å². The molecule has 0 atom stereocenters. The van der Waals surface area contributed by atoms with Crippen molar-refractivity contribution in [2.75, 3.05) is 0 Å². The molecule has 0 fully saturated rings. The van der Waals surface area contributed by atoms with Crippen molar-refractivity contribution in [2.24, 2.45) is 0 Å². The molecule has 0 bridgehead atoms. The monoisotopic (exact) mass is 239 g/mol. The van der Waals surface area contributed by atoms with Crippen LogP contribution in [0.25, 0.3) is 6.08 Å². The molecule has 0 aliphatic heterocycles. The van der Waals surface area contributed by atoms with E-state index in [-0.39, 0.29) is 11.7 Å². The molecule has 1 heterocycles. The van der Waals surface area contributed by atoms with Crippen molar-refractivity contribution in [3.63, 3.8) is 0 Å². The fraction of sp³-hybridized carbons (Fsp3) is 0.0667. The fourth-order valence-corrected chi connectivity index (χ4v) is 1.56. The summed E-state index contributed by atoms with van der Waals surface area (Å²) in [7, 11) is 0. The van der Waals surface area contributed by atoms with Crippen molar-refractivity contribution in [1.29, 1.82) is 0 Å². The summed E-state index contributed by atoms with van der Waals surface area (Å²) in [5.74, 6) is -0.0652. The minimum Gasteiger partial charge on any atom is -0.295 e. The van der Waals surface area contributed by atoms with Crippen molar-refractivity contribution in [3.05, 3.63) is 66.0 Å². The summed E-state index contributed by atoms with van der Waals surface area (Å²) in [4.78, 5) is 22.8. The molecule has 0 N–H and O–H groups in total. The summed E-state index contributed by atoms with van der Waals surface area (Å²) >= 11 is 0. The molecule has 0 unspecified atom stereocenters. The number of benzene rings is 1. The highest BCUT2D eigenvalue weighted by atomic mass is 16.1. The van der Waals surface area contributed by atoms with E-state index in [1.54, 1.807) is 42.7 Å². The van der Waals surface area contributed by atoms with Gasteiger partial charge in [0.05, 0.1) is 0 Å². The molecule has 0 saturated heterocycles. The van der Waals surface area contributed by atoms with E-state index in [0.29, 0.717) is 5.56 Å². The number of carbonyl (C=O) groups is 2. The molecule has 1 aromatic heterocycles. The number of carbonyl (C=O) groups excluding carboxylic acids is 2. The van der Waals surface area contributed by atoms with Crippen LogP contribution in [0.1, 0.15) is 27.6 Å². The number of hydrogen-bond acceptors (Lipinski definition) is 2. The molecule has 3 nitrogen and oxygen atoms in total. The fourth-order valence-electron chi connectivity index (χ4n) is 1.56. The van der Waals surface area contributed by atoms with E-state index >= 15 is 0 Å². The lowest BCUT2D eigenvalue weighted by Gasteiger charge is -1.97. The van der Waals surface area contributed by atoms with Crippen LogP contribution in [0.2, 0.25) is 0 Å². The number of Topliss-reactive ketones (excluding diaryl/α,β-unsaturated/α-hetero) is 1. The van der Waals surface area contributed by atoms with Gasteiger partial charge < -0.3 is 0 Å². The zero-order chi connectivity index (χ0) is 13.0. The number of hydrogen-bond donors (Lipinski definition) is 0. The molecular weight excluding hydrogens is 226 g/mol. The van der Waals surface area contributed by atoms with E-state index in [2.05, 4.69) is 0 Å². The third kappa shape index (κ3) is 2.83. The van der Waals surface area contributed by atoms with E-state index in [1.807, 2.05) is 12.1 Å². The quantitative estimate of drug-likeness (QED) is 0.610. The van der Waals surface area contributed by atoms with Gasteiger partial charge in [0.1, 0.15) is 0 Å². The maximum atomic E-state index is 11.7. The maximum absolute atomic E-state index is 11.7. The molecule has 0 amide bonds. The highest BCUT2D eigenvalue weighted by molar-refractivity contribution is 5.95. The highest BCUT2D eigenvalue weighted by Crippen LogP contribution is 2.07. The molecule has 18 heavy (non-hydrogen) atoms. The van der Waals surface area contributed by atoms with Gasteiger partial charge in [-0.05, 0) is 30.7 Å². The zero-order valence-corrected chi connectivity index (χ0v) is 10.0. The molecule has 1 aromatic carbocycles. The first-order valence-corrected chi connectivity index (χ1v) is 5.63. The van der Waals surface area contributed by atoms with Crippen LogP contribution in [0.5, 0.6) is 0 Å². The minimum atomic E-state index is -0.101. The van der Waals surface area contributed by atoms with Gasteiger partial charge in [-0.1, -0.05) is 24.3 Å². The van der Waals surface area contributed by atoms with E-state index in [9.17, 15) is 9.59 Å². The molecule has 90 valence electrons. The summed E-state index contributed by atoms with van der Waals surface area (Å²) in [6, 6.07) is 10.7. The Morgan fingerprint density at radius 2 is 1.67 bits per heavy atom. The lowest BCUT2D eigenvalue weighted by atomic mass is 10.1. The second-order valence-corrected chi connectivity index (χ2v) is 3.94. The number of ketones is 1. The van der Waals surface area contributed by atoms with Crippen LogP contribution in [-0.4, -0.2) is 16.3 Å². The number of allylic oxidation sites excluding steroid dienone is 1. The van der Waals surface area contributed by atoms with Gasteiger partial charge in [-0.25, -0.2) is 0 Å². The first kappa shape index (κ1) is 12.0. The largest absolute Gasteiger partial charge is 0.295 e. The number of rotatable bonds is 3. The summed E-state index contributed by atoms with van der Waals surface area (Å²) in [6.45, 7) is 1.53. The number of aromatic nitrogens is 1. The Morgan fingerprint density at radius 1 is 1.06 bits per heavy atom. The first-order valence-electron chi connectivity index (χ1n) is 5.63. The summed E-state index contributed by atoms with van der Waals surface area (Å²) in [5, 5.41) is 0. The molecule has 2 rings (SSSR count). The maximum Gasteiger partial charge on any atom is 0.254 e. The number of nitrogens with zero attached hydrogens (tertiary/aromatic N) is 1. The van der Waals surface area contributed by atoms with E-state index in [4.69, 9.17) is 0 Å². The predicted molar refractivity (Wildman–Crippen MR) is 70.5 cm³/mol. The van der Waals surface area contributed by atoms with Crippen LogP contribution < -0.4 is 0 Å². The van der Waals surface area contributed by atoms with Gasteiger partial charge in [0.2, 0.25) is 0 Å². The Hall–Kier alpha value is -2.42. The van der Waals surface area contributed by atoms with Crippen LogP contribution in [0.3, 0.4) is 0 Å². The molecule has 0 aliphatic rings. The molecule has 0 spiro atoms. The Labute approximate surface area is 105 Å². The van der Waals surface area contributed by atoms with Crippen molar-refractivity contribution in [2.45, 2.75) is 6.92 Å². The predicted octanol–water partition coefficient (Wildman–Crippen LogP) is 3.04. The van der Waals surface area contributed by atoms with Crippen LogP contribution in [0.15, 0.2) is 54.9 Å². The van der Waals surface area contributed by atoms with E-state index in [0.717, 1.165) is 5.56 Å². The van der Waals surface area contributed by atoms with Gasteiger partial charge in [-0.2, -0.15) is 0 Å². The normalized spacial score (nSPS) is 10.7. The third-order valence-corrected chi connectivity index (χ3v) is 2.59. The summed E-state index contributed by atoms with van der Waals surface area (Å²) < 4.78 is 1.50. The Kier molecular flexibility index (Phi) is 3.53. The molecule has 3 heteroatoms. The molecular formula is C15H13NO2. The zero-order valence-electron chi connectivity index (χ0n) is 10.0. The Bertz CT molecular complexity index is 577. The molecule has 0 aliphatic carbocycles. The second-order valence-electron chi connectivity index (χ2n) is 3.94. The summed E-state index contributed by atoms with van der Waals surface area (Å²) in [5.41, 5.74) is 1.56. The van der Waals surface area contributed by atoms with Gasteiger partial charge in [-0.15, -0.1) is 0 Å². The summed E-state index contributed by atoms with van der Waals surface area (Å²) in [6.07, 6.45) is 6.63. The van der Waals surface area contributed by atoms with E-state index < -0.39 is 0 Å². The van der Waals surface area contributed by atoms with Crippen LogP contribution in [-0.2, 0) is 0 Å². The first-order chi connectivity index (χ1) is 8.66.